The highest BCUT2D eigenvalue weighted by molar-refractivity contribution is 9.10. The summed E-state index contributed by atoms with van der Waals surface area (Å²) in [7, 11) is 0. The van der Waals surface area contributed by atoms with Gasteiger partial charge in [-0.2, -0.15) is 0 Å². The minimum absolute atomic E-state index is 0. The van der Waals surface area contributed by atoms with Crippen molar-refractivity contribution in [3.05, 3.63) is 64.4 Å². The fourth-order valence-electron chi connectivity index (χ4n) is 1.48. The molecule has 2 rings (SSSR count). The molecule has 0 saturated heterocycles. The molecule has 1 N–H and O–H groups in total. The number of hydrogen-bond donors (Lipinski definition) is 1. The molecule has 0 amide bonds. The van der Waals surface area contributed by atoms with E-state index < -0.39 is 0 Å². The van der Waals surface area contributed by atoms with Crippen LogP contribution < -0.4 is 5.32 Å². The van der Waals surface area contributed by atoms with Crippen molar-refractivity contribution in [2.75, 3.05) is 0 Å². The largest absolute Gasteiger partial charge is 0.307 e. The van der Waals surface area contributed by atoms with E-state index >= 15 is 0 Å². The van der Waals surface area contributed by atoms with Gasteiger partial charge in [-0.15, -0.1) is 12.4 Å². The molecule has 4 heteroatoms. The predicted octanol–water partition coefficient (Wildman–Crippen LogP) is 3.56. The number of nitrogens with one attached hydrogen (secondary N) is 1. The number of hydrogen-bond acceptors (Lipinski definition) is 2. The lowest BCUT2D eigenvalue weighted by Crippen LogP contribution is -2.13. The Morgan fingerprint density at radius 3 is 2.65 bits per heavy atom. The van der Waals surface area contributed by atoms with Crippen LogP contribution in [-0.4, -0.2) is 4.98 Å². The average Bonchev–Trinajstić information content (AvgIpc) is 2.30. The van der Waals surface area contributed by atoms with Crippen LogP contribution in [0.3, 0.4) is 0 Å². The topological polar surface area (TPSA) is 24.9 Å². The Morgan fingerprint density at radius 2 is 1.94 bits per heavy atom. The van der Waals surface area contributed by atoms with Gasteiger partial charge in [0.1, 0.15) is 0 Å². The Kier molecular flexibility index (Phi) is 6.19. The summed E-state index contributed by atoms with van der Waals surface area (Å²) in [6.45, 7) is 1.66. The van der Waals surface area contributed by atoms with Gasteiger partial charge in [0.15, 0.2) is 0 Å². The van der Waals surface area contributed by atoms with Crippen LogP contribution >= 0.6 is 28.3 Å². The molecule has 0 radical (unpaired) electrons. The van der Waals surface area contributed by atoms with Crippen LogP contribution in [0.2, 0.25) is 0 Å². The van der Waals surface area contributed by atoms with E-state index in [1.807, 2.05) is 36.5 Å². The van der Waals surface area contributed by atoms with E-state index in [4.69, 9.17) is 0 Å². The summed E-state index contributed by atoms with van der Waals surface area (Å²) in [5.41, 5.74) is 2.34. The predicted molar refractivity (Wildman–Crippen MR) is 76.2 cm³/mol. The first-order chi connectivity index (χ1) is 7.84. The average molecular weight is 314 g/mol. The van der Waals surface area contributed by atoms with Crippen LogP contribution in [0.1, 0.15) is 11.3 Å². The molecule has 0 aliphatic carbocycles. The van der Waals surface area contributed by atoms with E-state index in [-0.39, 0.29) is 12.4 Å². The fraction of sp³-hybridized carbons (Fsp3) is 0.154. The molecule has 2 nitrogen and oxygen atoms in total. The van der Waals surface area contributed by atoms with Gasteiger partial charge in [0.2, 0.25) is 0 Å². The van der Waals surface area contributed by atoms with Gasteiger partial charge >= 0.3 is 0 Å². The summed E-state index contributed by atoms with van der Waals surface area (Å²) in [5.74, 6) is 0. The molecular formula is C13H14BrClN2. The van der Waals surface area contributed by atoms with Crippen LogP contribution in [-0.2, 0) is 13.1 Å². The smallest absolute Gasteiger partial charge is 0.0541 e. The molecule has 17 heavy (non-hydrogen) atoms. The van der Waals surface area contributed by atoms with E-state index in [1.165, 1.54) is 5.56 Å². The summed E-state index contributed by atoms with van der Waals surface area (Å²) in [6, 6.07) is 14.3. The maximum Gasteiger partial charge on any atom is 0.0541 e. The lowest BCUT2D eigenvalue weighted by atomic mass is 10.2. The monoisotopic (exact) mass is 312 g/mol. The van der Waals surface area contributed by atoms with Gasteiger partial charge in [-0.3, -0.25) is 4.98 Å². The Morgan fingerprint density at radius 1 is 1.06 bits per heavy atom. The molecule has 0 spiro atoms. The molecule has 0 fully saturated rings. The molecule has 0 unspecified atom stereocenters. The normalized spacial score (nSPS) is 9.71. The SMILES string of the molecule is Brc1cccc(CNCc2ccccn2)c1.Cl. The molecule has 2 aromatic rings. The highest BCUT2D eigenvalue weighted by Gasteiger charge is 1.95. The molecule has 90 valence electrons. The van der Waals surface area contributed by atoms with Gasteiger partial charge < -0.3 is 5.32 Å². The van der Waals surface area contributed by atoms with Crippen molar-refractivity contribution in [3.8, 4) is 0 Å². The summed E-state index contributed by atoms with van der Waals surface area (Å²) >= 11 is 3.46. The summed E-state index contributed by atoms with van der Waals surface area (Å²) < 4.78 is 1.12. The first-order valence-electron chi connectivity index (χ1n) is 5.20. The van der Waals surface area contributed by atoms with Crippen molar-refractivity contribution in [2.45, 2.75) is 13.1 Å². The zero-order valence-corrected chi connectivity index (χ0v) is 11.7. The molecule has 0 saturated carbocycles. The molecule has 1 heterocycles. The van der Waals surface area contributed by atoms with E-state index in [0.29, 0.717) is 0 Å². The van der Waals surface area contributed by atoms with Gasteiger partial charge in [0, 0.05) is 23.8 Å². The minimum atomic E-state index is 0. The van der Waals surface area contributed by atoms with E-state index in [1.54, 1.807) is 0 Å². The highest BCUT2D eigenvalue weighted by atomic mass is 79.9. The number of benzene rings is 1. The zero-order chi connectivity index (χ0) is 11.2. The zero-order valence-electron chi connectivity index (χ0n) is 9.27. The molecule has 1 aromatic carbocycles. The van der Waals surface area contributed by atoms with Gasteiger partial charge in [0.25, 0.3) is 0 Å². The standard InChI is InChI=1S/C13H13BrN2.ClH/c14-12-5-3-4-11(8-12)9-15-10-13-6-1-2-7-16-13;/h1-8,15H,9-10H2;1H. The van der Waals surface area contributed by atoms with Crippen molar-refractivity contribution < 1.29 is 0 Å². The Hall–Kier alpha value is -0.900. The van der Waals surface area contributed by atoms with Gasteiger partial charge in [0.05, 0.1) is 5.69 Å². The Labute approximate surface area is 116 Å². The third-order valence-electron chi connectivity index (χ3n) is 2.25. The highest BCUT2D eigenvalue weighted by Crippen LogP contribution is 2.11. The van der Waals surface area contributed by atoms with Crippen molar-refractivity contribution in [3.63, 3.8) is 0 Å². The third-order valence-corrected chi connectivity index (χ3v) is 2.74. The van der Waals surface area contributed by atoms with Crippen molar-refractivity contribution in [1.82, 2.24) is 10.3 Å². The quantitative estimate of drug-likeness (QED) is 0.933. The lowest BCUT2D eigenvalue weighted by molar-refractivity contribution is 0.679. The summed E-state index contributed by atoms with van der Waals surface area (Å²) in [5, 5.41) is 3.36. The fourth-order valence-corrected chi connectivity index (χ4v) is 1.93. The summed E-state index contributed by atoms with van der Waals surface area (Å²) in [4.78, 5) is 4.26. The number of halogens is 2. The second-order valence-electron chi connectivity index (χ2n) is 3.55. The van der Waals surface area contributed by atoms with Gasteiger partial charge in [-0.25, -0.2) is 0 Å². The molecular weight excluding hydrogens is 300 g/mol. The minimum Gasteiger partial charge on any atom is -0.307 e. The van der Waals surface area contributed by atoms with Gasteiger partial charge in [-0.05, 0) is 29.8 Å². The molecule has 0 aliphatic heterocycles. The maximum atomic E-state index is 4.26. The van der Waals surface area contributed by atoms with Crippen molar-refractivity contribution in [1.29, 1.82) is 0 Å². The third kappa shape index (κ3) is 4.86. The first-order valence-corrected chi connectivity index (χ1v) is 5.99. The Balaban J connectivity index is 0.00000144. The van der Waals surface area contributed by atoms with E-state index in [9.17, 15) is 0 Å². The van der Waals surface area contributed by atoms with Crippen LogP contribution in [0.5, 0.6) is 0 Å². The summed E-state index contributed by atoms with van der Waals surface area (Å²) in [6.07, 6.45) is 1.82. The number of rotatable bonds is 4. The van der Waals surface area contributed by atoms with Crippen LogP contribution in [0.4, 0.5) is 0 Å². The molecule has 0 atom stereocenters. The van der Waals surface area contributed by atoms with Crippen molar-refractivity contribution in [2.24, 2.45) is 0 Å². The van der Waals surface area contributed by atoms with Crippen molar-refractivity contribution >= 4 is 28.3 Å². The number of nitrogens with zero attached hydrogens (tertiary/aromatic N) is 1. The van der Waals surface area contributed by atoms with Gasteiger partial charge in [-0.1, -0.05) is 34.1 Å². The second kappa shape index (κ2) is 7.43. The molecule has 0 bridgehead atoms. The number of pyridine rings is 1. The molecule has 0 aliphatic rings. The molecule has 1 aromatic heterocycles. The second-order valence-corrected chi connectivity index (χ2v) is 4.47. The van der Waals surface area contributed by atoms with Crippen LogP contribution in [0.15, 0.2) is 53.1 Å². The Bertz CT molecular complexity index is 448. The van der Waals surface area contributed by atoms with Crippen LogP contribution in [0.25, 0.3) is 0 Å². The van der Waals surface area contributed by atoms with Crippen LogP contribution in [0, 0.1) is 0 Å². The lowest BCUT2D eigenvalue weighted by Gasteiger charge is -2.04. The number of aromatic nitrogens is 1. The van der Waals surface area contributed by atoms with E-state index in [2.05, 4.69) is 38.4 Å². The first kappa shape index (κ1) is 14.2. The van der Waals surface area contributed by atoms with E-state index in [0.717, 1.165) is 23.3 Å². The maximum absolute atomic E-state index is 4.26.